The summed E-state index contributed by atoms with van der Waals surface area (Å²) in [6.45, 7) is 1.21. The summed E-state index contributed by atoms with van der Waals surface area (Å²) in [6, 6.07) is 5.97. The van der Waals surface area contributed by atoms with Crippen molar-refractivity contribution < 1.29 is 9.53 Å². The van der Waals surface area contributed by atoms with Gasteiger partial charge in [-0.3, -0.25) is 9.78 Å². The summed E-state index contributed by atoms with van der Waals surface area (Å²) < 4.78 is 5.30. The van der Waals surface area contributed by atoms with Crippen LogP contribution in [0.1, 0.15) is 23.6 Å². The number of ether oxygens (including phenoxy) is 1. The molecule has 110 valence electrons. The topological polar surface area (TPSA) is 51.2 Å². The summed E-state index contributed by atoms with van der Waals surface area (Å²) in [4.78, 5) is 16.5. The number of carbonyl (C=O) groups is 1. The summed E-state index contributed by atoms with van der Waals surface area (Å²) in [5, 5.41) is 7.34. The van der Waals surface area contributed by atoms with Crippen molar-refractivity contribution in [1.82, 2.24) is 10.3 Å². The normalized spacial score (nSPS) is 19.3. The molecule has 1 amide bonds. The first-order valence-electron chi connectivity index (χ1n) is 7.12. The lowest BCUT2D eigenvalue weighted by atomic mass is 10.0. The Hall–Kier alpha value is -1.72. The Labute approximate surface area is 128 Å². The lowest BCUT2D eigenvalue weighted by Crippen LogP contribution is -2.35. The molecule has 1 aliphatic rings. The first-order valence-corrected chi connectivity index (χ1v) is 8.06. The van der Waals surface area contributed by atoms with E-state index in [1.165, 1.54) is 5.56 Å². The predicted molar refractivity (Wildman–Crippen MR) is 82.1 cm³/mol. The molecule has 0 aliphatic carbocycles. The summed E-state index contributed by atoms with van der Waals surface area (Å²) in [5.41, 5.74) is 2.27. The molecule has 2 aromatic heterocycles. The van der Waals surface area contributed by atoms with E-state index in [4.69, 9.17) is 4.74 Å². The van der Waals surface area contributed by atoms with Crippen LogP contribution in [0.15, 0.2) is 41.4 Å². The first kappa shape index (κ1) is 14.2. The molecule has 0 spiro atoms. The van der Waals surface area contributed by atoms with Gasteiger partial charge < -0.3 is 10.1 Å². The Morgan fingerprint density at radius 2 is 2.48 bits per heavy atom. The molecule has 2 aromatic rings. The average Bonchev–Trinajstić information content (AvgIpc) is 3.21. The molecule has 1 aliphatic heterocycles. The maximum Gasteiger partial charge on any atom is 0.226 e. The molecule has 1 N–H and O–H groups in total. The molecule has 3 heterocycles. The Morgan fingerprint density at radius 1 is 1.52 bits per heavy atom. The van der Waals surface area contributed by atoms with E-state index < -0.39 is 0 Å². The van der Waals surface area contributed by atoms with Crippen LogP contribution < -0.4 is 5.32 Å². The number of carbonyl (C=O) groups excluding carboxylic acids is 1. The fraction of sp³-hybridized carbons (Fsp3) is 0.375. The van der Waals surface area contributed by atoms with Crippen LogP contribution in [0.4, 0.5) is 0 Å². The number of aromatic nitrogens is 1. The van der Waals surface area contributed by atoms with E-state index >= 15 is 0 Å². The minimum atomic E-state index is -0.0404. The monoisotopic (exact) mass is 302 g/mol. The van der Waals surface area contributed by atoms with Crippen molar-refractivity contribution in [2.45, 2.75) is 18.9 Å². The summed E-state index contributed by atoms with van der Waals surface area (Å²) in [7, 11) is 0. The number of hydrogen-bond acceptors (Lipinski definition) is 4. The number of nitrogens with zero attached hydrogens (tertiary/aromatic N) is 1. The molecule has 21 heavy (non-hydrogen) atoms. The van der Waals surface area contributed by atoms with Crippen LogP contribution in [-0.2, 0) is 16.0 Å². The minimum Gasteiger partial charge on any atom is -0.381 e. The summed E-state index contributed by atoms with van der Waals surface area (Å²) >= 11 is 1.67. The second-order valence-corrected chi connectivity index (χ2v) is 6.02. The van der Waals surface area contributed by atoms with Crippen molar-refractivity contribution in [1.29, 1.82) is 0 Å². The first-order chi connectivity index (χ1) is 10.3. The van der Waals surface area contributed by atoms with Crippen LogP contribution in [0.25, 0.3) is 0 Å². The van der Waals surface area contributed by atoms with Gasteiger partial charge in [0.25, 0.3) is 0 Å². The lowest BCUT2D eigenvalue weighted by molar-refractivity contribution is -0.125. The molecule has 0 radical (unpaired) electrons. The molecule has 0 saturated carbocycles. The largest absolute Gasteiger partial charge is 0.381 e. The van der Waals surface area contributed by atoms with Gasteiger partial charge in [0.2, 0.25) is 5.91 Å². The van der Waals surface area contributed by atoms with Crippen LogP contribution in [0.3, 0.4) is 0 Å². The Morgan fingerprint density at radius 3 is 3.14 bits per heavy atom. The van der Waals surface area contributed by atoms with Crippen molar-refractivity contribution in [2.75, 3.05) is 13.2 Å². The SMILES string of the molecule is O=C(N[C@@H](Cc1ccsc1)c1cccnc1)[C@@H]1CCOC1. The molecule has 5 heteroatoms. The summed E-state index contributed by atoms with van der Waals surface area (Å²) in [5.74, 6) is 0.0585. The molecule has 0 unspecified atom stereocenters. The van der Waals surface area contributed by atoms with E-state index in [9.17, 15) is 4.79 Å². The van der Waals surface area contributed by atoms with Gasteiger partial charge in [-0.2, -0.15) is 11.3 Å². The smallest absolute Gasteiger partial charge is 0.226 e. The molecule has 2 atom stereocenters. The highest BCUT2D eigenvalue weighted by Gasteiger charge is 2.26. The Bertz CT molecular complexity index is 565. The number of rotatable bonds is 5. The highest BCUT2D eigenvalue weighted by Crippen LogP contribution is 2.21. The van der Waals surface area contributed by atoms with E-state index in [2.05, 4.69) is 27.1 Å². The second kappa shape index (κ2) is 6.83. The van der Waals surface area contributed by atoms with Crippen molar-refractivity contribution >= 4 is 17.2 Å². The number of hydrogen-bond donors (Lipinski definition) is 1. The fourth-order valence-corrected chi connectivity index (χ4v) is 3.19. The molecule has 0 bridgehead atoms. The van der Waals surface area contributed by atoms with Crippen molar-refractivity contribution in [3.63, 3.8) is 0 Å². The number of nitrogens with one attached hydrogen (secondary N) is 1. The molecule has 0 aromatic carbocycles. The number of thiophene rings is 1. The van der Waals surface area contributed by atoms with Gasteiger partial charge in [-0.1, -0.05) is 6.07 Å². The zero-order valence-electron chi connectivity index (χ0n) is 11.7. The number of pyridine rings is 1. The Kier molecular flexibility index (Phi) is 4.62. The number of amides is 1. The minimum absolute atomic E-state index is 0.0216. The average molecular weight is 302 g/mol. The molecular weight excluding hydrogens is 284 g/mol. The van der Waals surface area contributed by atoms with Crippen molar-refractivity contribution in [3.8, 4) is 0 Å². The summed E-state index contributed by atoms with van der Waals surface area (Å²) in [6.07, 6.45) is 5.17. The van der Waals surface area contributed by atoms with Gasteiger partial charge in [-0.15, -0.1) is 0 Å². The third-order valence-corrected chi connectivity index (χ3v) is 4.46. The molecule has 1 fully saturated rings. The van der Waals surface area contributed by atoms with E-state index in [-0.39, 0.29) is 17.9 Å². The molecule has 1 saturated heterocycles. The van der Waals surface area contributed by atoms with Gasteiger partial charge in [-0.25, -0.2) is 0 Å². The third kappa shape index (κ3) is 3.68. The van der Waals surface area contributed by atoms with E-state index in [0.717, 1.165) is 18.4 Å². The van der Waals surface area contributed by atoms with Crippen LogP contribution in [0.5, 0.6) is 0 Å². The molecular formula is C16H18N2O2S. The maximum absolute atomic E-state index is 12.3. The standard InChI is InChI=1S/C16H18N2O2S/c19-16(14-3-6-20-10-14)18-15(8-12-4-7-21-11-12)13-2-1-5-17-9-13/h1-2,4-5,7,9,11,14-15H,3,6,8,10H2,(H,18,19)/t14-,15+/m1/s1. The van der Waals surface area contributed by atoms with Gasteiger partial charge in [-0.05, 0) is 46.9 Å². The molecule has 4 nitrogen and oxygen atoms in total. The fourth-order valence-electron chi connectivity index (χ4n) is 2.51. The highest BCUT2D eigenvalue weighted by molar-refractivity contribution is 7.07. The zero-order valence-corrected chi connectivity index (χ0v) is 12.5. The maximum atomic E-state index is 12.3. The van der Waals surface area contributed by atoms with E-state index in [0.29, 0.717) is 13.2 Å². The predicted octanol–water partition coefficient (Wildman–Crippen LogP) is 2.58. The van der Waals surface area contributed by atoms with E-state index in [1.807, 2.05) is 18.3 Å². The highest BCUT2D eigenvalue weighted by atomic mass is 32.1. The van der Waals surface area contributed by atoms with Gasteiger partial charge in [0.1, 0.15) is 0 Å². The van der Waals surface area contributed by atoms with Gasteiger partial charge in [0, 0.05) is 19.0 Å². The Balaban J connectivity index is 1.73. The molecule has 3 rings (SSSR count). The van der Waals surface area contributed by atoms with Crippen molar-refractivity contribution in [2.24, 2.45) is 5.92 Å². The van der Waals surface area contributed by atoms with Crippen LogP contribution in [0, 0.1) is 5.92 Å². The van der Waals surface area contributed by atoms with Crippen LogP contribution in [0.2, 0.25) is 0 Å². The zero-order chi connectivity index (χ0) is 14.5. The van der Waals surface area contributed by atoms with Crippen molar-refractivity contribution in [3.05, 3.63) is 52.5 Å². The van der Waals surface area contributed by atoms with Crippen LogP contribution in [-0.4, -0.2) is 24.1 Å². The van der Waals surface area contributed by atoms with E-state index in [1.54, 1.807) is 17.5 Å². The van der Waals surface area contributed by atoms with Gasteiger partial charge in [0.05, 0.1) is 18.6 Å². The van der Waals surface area contributed by atoms with Crippen LogP contribution >= 0.6 is 11.3 Å². The lowest BCUT2D eigenvalue weighted by Gasteiger charge is -2.20. The second-order valence-electron chi connectivity index (χ2n) is 5.24. The van der Waals surface area contributed by atoms with Gasteiger partial charge in [0.15, 0.2) is 0 Å². The van der Waals surface area contributed by atoms with Gasteiger partial charge >= 0.3 is 0 Å². The quantitative estimate of drug-likeness (QED) is 0.923. The third-order valence-electron chi connectivity index (χ3n) is 3.72.